The number of aryl methyl sites for hydroxylation is 2. The summed E-state index contributed by atoms with van der Waals surface area (Å²) in [6, 6.07) is 2.54. The van der Waals surface area contributed by atoms with Crippen LogP contribution in [0.15, 0.2) is 22.7 Å². The molecular weight excluding hydrogens is 310 g/mol. The van der Waals surface area contributed by atoms with Gasteiger partial charge >= 0.3 is 5.97 Å². The van der Waals surface area contributed by atoms with Crippen molar-refractivity contribution in [1.29, 1.82) is 0 Å². The highest BCUT2D eigenvalue weighted by Gasteiger charge is 2.15. The molecule has 1 amide bonds. The molecular formula is C15H14F2N2O4. The molecule has 0 bridgehead atoms. The molecule has 1 aromatic carbocycles. The third-order valence-electron chi connectivity index (χ3n) is 3.13. The van der Waals surface area contributed by atoms with E-state index in [0.29, 0.717) is 23.1 Å². The van der Waals surface area contributed by atoms with Crippen LogP contribution in [0.1, 0.15) is 27.4 Å². The fourth-order valence-electron chi connectivity index (χ4n) is 1.83. The smallest absolute Gasteiger partial charge is 0.325 e. The molecule has 0 saturated heterocycles. The van der Waals surface area contributed by atoms with Crippen molar-refractivity contribution in [3.8, 4) is 0 Å². The number of aromatic nitrogens is 1. The summed E-state index contributed by atoms with van der Waals surface area (Å²) >= 11 is 0. The fourth-order valence-corrected chi connectivity index (χ4v) is 1.83. The predicted octanol–water partition coefficient (Wildman–Crippen LogP) is 2.04. The van der Waals surface area contributed by atoms with Crippen molar-refractivity contribution in [3.05, 3.63) is 52.4 Å². The van der Waals surface area contributed by atoms with E-state index >= 15 is 0 Å². The number of hydrogen-bond acceptors (Lipinski definition) is 5. The van der Waals surface area contributed by atoms with Gasteiger partial charge in [-0.2, -0.15) is 0 Å². The number of nitrogens with zero attached hydrogens (tertiary/aromatic N) is 1. The number of halogens is 2. The topological polar surface area (TPSA) is 81.4 Å². The number of carbonyl (C=O) groups excluding carboxylic acids is 2. The molecule has 122 valence electrons. The lowest BCUT2D eigenvalue weighted by Crippen LogP contribution is -2.31. The van der Waals surface area contributed by atoms with Crippen molar-refractivity contribution in [3.63, 3.8) is 0 Å². The number of esters is 1. The van der Waals surface area contributed by atoms with Gasteiger partial charge in [-0.05, 0) is 26.0 Å². The van der Waals surface area contributed by atoms with Crippen LogP contribution in [0.4, 0.5) is 8.78 Å². The minimum Gasteiger partial charge on any atom is -0.459 e. The SMILES string of the molecule is Cc1noc(C)c1COC(=O)CNC(=O)c1ccc(F)cc1F. The molecule has 0 atom stereocenters. The molecule has 6 nitrogen and oxygen atoms in total. The van der Waals surface area contributed by atoms with Gasteiger partial charge < -0.3 is 14.6 Å². The van der Waals surface area contributed by atoms with E-state index in [4.69, 9.17) is 9.26 Å². The van der Waals surface area contributed by atoms with Gasteiger partial charge in [0.05, 0.1) is 16.8 Å². The highest BCUT2D eigenvalue weighted by molar-refractivity contribution is 5.96. The second-order valence-electron chi connectivity index (χ2n) is 4.77. The van der Waals surface area contributed by atoms with Gasteiger partial charge in [0.15, 0.2) is 0 Å². The van der Waals surface area contributed by atoms with Gasteiger partial charge in [0.25, 0.3) is 5.91 Å². The van der Waals surface area contributed by atoms with Crippen molar-refractivity contribution in [2.75, 3.05) is 6.54 Å². The van der Waals surface area contributed by atoms with Crippen molar-refractivity contribution >= 4 is 11.9 Å². The van der Waals surface area contributed by atoms with Crippen LogP contribution in [0.2, 0.25) is 0 Å². The number of carbonyl (C=O) groups is 2. The Morgan fingerprint density at radius 1 is 1.30 bits per heavy atom. The molecule has 1 N–H and O–H groups in total. The minimum atomic E-state index is -1.01. The predicted molar refractivity (Wildman–Crippen MR) is 74.5 cm³/mol. The molecule has 2 rings (SSSR count). The van der Waals surface area contributed by atoms with Crippen molar-refractivity contribution in [1.82, 2.24) is 10.5 Å². The zero-order valence-electron chi connectivity index (χ0n) is 12.5. The summed E-state index contributed by atoms with van der Waals surface area (Å²) in [6.07, 6.45) is 0. The normalized spacial score (nSPS) is 10.4. The Morgan fingerprint density at radius 2 is 2.04 bits per heavy atom. The summed E-state index contributed by atoms with van der Waals surface area (Å²) in [5.41, 5.74) is 0.895. The largest absolute Gasteiger partial charge is 0.459 e. The summed E-state index contributed by atoms with van der Waals surface area (Å²) in [6.45, 7) is 2.90. The lowest BCUT2D eigenvalue weighted by molar-refractivity contribution is -0.143. The standard InChI is InChI=1S/C15H14F2N2O4/c1-8-12(9(2)23-19-8)7-22-14(20)6-18-15(21)11-4-3-10(16)5-13(11)17/h3-5H,6-7H2,1-2H3,(H,18,21). The van der Waals surface area contributed by atoms with Gasteiger partial charge in [-0.3, -0.25) is 9.59 Å². The second kappa shape index (κ2) is 6.99. The quantitative estimate of drug-likeness (QED) is 0.851. The van der Waals surface area contributed by atoms with E-state index in [1.54, 1.807) is 13.8 Å². The maximum Gasteiger partial charge on any atom is 0.325 e. The number of hydrogen-bond donors (Lipinski definition) is 1. The highest BCUT2D eigenvalue weighted by Crippen LogP contribution is 2.13. The van der Waals surface area contributed by atoms with Crippen LogP contribution in [0.5, 0.6) is 0 Å². The van der Waals surface area contributed by atoms with Crippen molar-refractivity contribution < 1.29 is 27.6 Å². The van der Waals surface area contributed by atoms with E-state index in [2.05, 4.69) is 10.5 Å². The highest BCUT2D eigenvalue weighted by atomic mass is 19.1. The number of ether oxygens (including phenoxy) is 1. The summed E-state index contributed by atoms with van der Waals surface area (Å²) in [7, 11) is 0. The summed E-state index contributed by atoms with van der Waals surface area (Å²) in [5.74, 6) is -2.81. The first kappa shape index (κ1) is 16.6. The van der Waals surface area contributed by atoms with E-state index in [1.807, 2.05) is 0 Å². The molecule has 0 aliphatic rings. The average molecular weight is 324 g/mol. The first-order valence-corrected chi connectivity index (χ1v) is 6.69. The molecule has 0 saturated carbocycles. The van der Waals surface area contributed by atoms with Crippen LogP contribution >= 0.6 is 0 Å². The Morgan fingerprint density at radius 3 is 2.65 bits per heavy atom. The summed E-state index contributed by atoms with van der Waals surface area (Å²) in [5, 5.41) is 5.92. The monoisotopic (exact) mass is 324 g/mol. The Labute approximate surface area is 130 Å². The molecule has 0 aliphatic carbocycles. The molecule has 1 aromatic heterocycles. The molecule has 0 unspecified atom stereocenters. The number of nitrogens with one attached hydrogen (secondary N) is 1. The van der Waals surface area contributed by atoms with E-state index in [9.17, 15) is 18.4 Å². The van der Waals surface area contributed by atoms with Gasteiger partial charge in [0.1, 0.15) is 30.5 Å². The number of amides is 1. The summed E-state index contributed by atoms with van der Waals surface area (Å²) in [4.78, 5) is 23.3. The van der Waals surface area contributed by atoms with E-state index in [1.165, 1.54) is 0 Å². The van der Waals surface area contributed by atoms with Crippen LogP contribution in [-0.2, 0) is 16.1 Å². The van der Waals surface area contributed by atoms with Crippen LogP contribution in [0, 0.1) is 25.5 Å². The number of benzene rings is 1. The maximum absolute atomic E-state index is 13.4. The molecule has 0 radical (unpaired) electrons. The Hall–Kier alpha value is -2.77. The lowest BCUT2D eigenvalue weighted by Gasteiger charge is -2.07. The third kappa shape index (κ3) is 4.12. The van der Waals surface area contributed by atoms with Gasteiger partial charge in [-0.25, -0.2) is 8.78 Å². The van der Waals surface area contributed by atoms with Gasteiger partial charge in [0.2, 0.25) is 0 Å². The molecule has 0 spiro atoms. The average Bonchev–Trinajstić information content (AvgIpc) is 2.81. The Kier molecular flexibility index (Phi) is 5.05. The summed E-state index contributed by atoms with van der Waals surface area (Å²) < 4.78 is 36.1. The first-order chi connectivity index (χ1) is 10.9. The van der Waals surface area contributed by atoms with Gasteiger partial charge in [0, 0.05) is 6.07 Å². The van der Waals surface area contributed by atoms with Gasteiger partial charge in [-0.15, -0.1) is 0 Å². The lowest BCUT2D eigenvalue weighted by atomic mass is 10.2. The van der Waals surface area contributed by atoms with Crippen LogP contribution in [-0.4, -0.2) is 23.6 Å². The molecule has 0 aliphatic heterocycles. The fraction of sp³-hybridized carbons (Fsp3) is 0.267. The Bertz CT molecular complexity index is 724. The van der Waals surface area contributed by atoms with Crippen LogP contribution < -0.4 is 5.32 Å². The molecule has 2 aromatic rings. The van der Waals surface area contributed by atoms with E-state index in [-0.39, 0.29) is 12.2 Å². The van der Waals surface area contributed by atoms with E-state index in [0.717, 1.165) is 12.1 Å². The molecule has 0 fully saturated rings. The number of rotatable bonds is 5. The van der Waals surface area contributed by atoms with Crippen LogP contribution in [0.25, 0.3) is 0 Å². The van der Waals surface area contributed by atoms with E-state index < -0.39 is 30.1 Å². The third-order valence-corrected chi connectivity index (χ3v) is 3.13. The second-order valence-corrected chi connectivity index (χ2v) is 4.77. The first-order valence-electron chi connectivity index (χ1n) is 6.69. The zero-order valence-corrected chi connectivity index (χ0v) is 12.5. The molecule has 8 heteroatoms. The maximum atomic E-state index is 13.4. The van der Waals surface area contributed by atoms with Crippen molar-refractivity contribution in [2.45, 2.75) is 20.5 Å². The Balaban J connectivity index is 1.85. The minimum absolute atomic E-state index is 0.0409. The van der Waals surface area contributed by atoms with Gasteiger partial charge in [-0.1, -0.05) is 5.16 Å². The van der Waals surface area contributed by atoms with Crippen LogP contribution in [0.3, 0.4) is 0 Å². The van der Waals surface area contributed by atoms with Crippen molar-refractivity contribution in [2.24, 2.45) is 0 Å². The zero-order chi connectivity index (χ0) is 17.0. The molecule has 23 heavy (non-hydrogen) atoms. The molecule has 1 heterocycles.